The van der Waals surface area contributed by atoms with Gasteiger partial charge in [-0.05, 0) is 45.9 Å². The van der Waals surface area contributed by atoms with Gasteiger partial charge in [0.1, 0.15) is 12.4 Å². The van der Waals surface area contributed by atoms with E-state index in [2.05, 4.69) is 57.3 Å². The lowest BCUT2D eigenvalue weighted by molar-refractivity contribution is 0.356. The van der Waals surface area contributed by atoms with Gasteiger partial charge in [-0.3, -0.25) is 0 Å². The van der Waals surface area contributed by atoms with Crippen LogP contribution in [0.25, 0.3) is 0 Å². The minimum Gasteiger partial charge on any atom is -0.489 e. The van der Waals surface area contributed by atoms with E-state index >= 15 is 0 Å². The topological polar surface area (TPSA) is 21.3 Å². The standard InChI is InChI=1S/C16H25NO/c1-5-9-17-12-15-11-14(4)6-7-16(15)18-10-8-13(2)3/h6-8,11,17H,5,9-10,12H2,1-4H3. The van der Waals surface area contributed by atoms with Crippen LogP contribution in [0.15, 0.2) is 29.8 Å². The minimum absolute atomic E-state index is 0.645. The molecule has 2 heteroatoms. The van der Waals surface area contributed by atoms with E-state index in [1.54, 1.807) is 0 Å². The number of hydrogen-bond donors (Lipinski definition) is 1. The highest BCUT2D eigenvalue weighted by Crippen LogP contribution is 2.20. The SMILES string of the molecule is CCCNCc1cc(C)ccc1OCC=C(C)C. The Hall–Kier alpha value is -1.28. The van der Waals surface area contributed by atoms with E-state index in [1.165, 1.54) is 16.7 Å². The van der Waals surface area contributed by atoms with Crippen LogP contribution in [-0.4, -0.2) is 13.2 Å². The molecule has 0 spiro atoms. The third-order valence-electron chi connectivity index (χ3n) is 2.69. The Kier molecular flexibility index (Phi) is 6.51. The highest BCUT2D eigenvalue weighted by Gasteiger charge is 2.03. The monoisotopic (exact) mass is 247 g/mol. The van der Waals surface area contributed by atoms with Crippen molar-refractivity contribution in [3.8, 4) is 5.75 Å². The first-order valence-electron chi connectivity index (χ1n) is 6.70. The summed E-state index contributed by atoms with van der Waals surface area (Å²) in [5, 5.41) is 3.42. The molecule has 2 nitrogen and oxygen atoms in total. The summed E-state index contributed by atoms with van der Waals surface area (Å²) in [6.45, 7) is 11.0. The first-order valence-corrected chi connectivity index (χ1v) is 6.70. The molecule has 0 radical (unpaired) electrons. The molecule has 0 saturated heterocycles. The third kappa shape index (κ3) is 5.37. The van der Waals surface area contributed by atoms with Crippen LogP contribution in [0.5, 0.6) is 5.75 Å². The average Bonchev–Trinajstić information content (AvgIpc) is 2.32. The number of ether oxygens (including phenoxy) is 1. The molecule has 0 fully saturated rings. The maximum Gasteiger partial charge on any atom is 0.124 e. The van der Waals surface area contributed by atoms with Gasteiger partial charge in [-0.2, -0.15) is 0 Å². The summed E-state index contributed by atoms with van der Waals surface area (Å²) < 4.78 is 5.82. The number of allylic oxidation sites excluding steroid dienone is 1. The minimum atomic E-state index is 0.645. The molecule has 100 valence electrons. The van der Waals surface area contributed by atoms with E-state index in [4.69, 9.17) is 4.74 Å². The van der Waals surface area contributed by atoms with E-state index in [0.717, 1.165) is 25.3 Å². The molecule has 1 aromatic rings. The molecule has 18 heavy (non-hydrogen) atoms. The molecular weight excluding hydrogens is 222 g/mol. The van der Waals surface area contributed by atoms with Gasteiger partial charge in [0.25, 0.3) is 0 Å². The Morgan fingerprint density at radius 2 is 2.11 bits per heavy atom. The van der Waals surface area contributed by atoms with Crippen molar-refractivity contribution < 1.29 is 4.74 Å². The maximum absolute atomic E-state index is 5.82. The summed E-state index contributed by atoms with van der Waals surface area (Å²) in [5.74, 6) is 0.988. The number of nitrogens with one attached hydrogen (secondary N) is 1. The van der Waals surface area contributed by atoms with Gasteiger partial charge < -0.3 is 10.1 Å². The molecule has 0 aliphatic rings. The van der Waals surface area contributed by atoms with Crippen molar-refractivity contribution in [3.05, 3.63) is 41.0 Å². The fourth-order valence-electron chi connectivity index (χ4n) is 1.69. The number of hydrogen-bond acceptors (Lipinski definition) is 2. The average molecular weight is 247 g/mol. The predicted octanol–water partition coefficient (Wildman–Crippen LogP) is 3.84. The van der Waals surface area contributed by atoms with Crippen molar-refractivity contribution in [2.75, 3.05) is 13.2 Å². The molecule has 1 N–H and O–H groups in total. The zero-order chi connectivity index (χ0) is 13.4. The van der Waals surface area contributed by atoms with Gasteiger partial charge in [-0.15, -0.1) is 0 Å². The summed E-state index contributed by atoms with van der Waals surface area (Å²) >= 11 is 0. The molecule has 1 aromatic carbocycles. The molecular formula is C16H25NO. The Morgan fingerprint density at radius 3 is 2.78 bits per heavy atom. The van der Waals surface area contributed by atoms with E-state index in [1.807, 2.05) is 0 Å². The molecule has 0 unspecified atom stereocenters. The maximum atomic E-state index is 5.82. The highest BCUT2D eigenvalue weighted by molar-refractivity contribution is 5.37. The fraction of sp³-hybridized carbons (Fsp3) is 0.500. The van der Waals surface area contributed by atoms with Crippen molar-refractivity contribution in [2.24, 2.45) is 0 Å². The predicted molar refractivity (Wildman–Crippen MR) is 78.1 cm³/mol. The Morgan fingerprint density at radius 1 is 1.33 bits per heavy atom. The lowest BCUT2D eigenvalue weighted by Gasteiger charge is -2.12. The number of rotatable bonds is 7. The van der Waals surface area contributed by atoms with E-state index < -0.39 is 0 Å². The van der Waals surface area contributed by atoms with Crippen LogP contribution in [0, 0.1) is 6.92 Å². The van der Waals surface area contributed by atoms with E-state index in [-0.39, 0.29) is 0 Å². The molecule has 1 rings (SSSR count). The summed E-state index contributed by atoms with van der Waals surface area (Å²) in [5.41, 5.74) is 3.80. The van der Waals surface area contributed by atoms with Crippen LogP contribution in [0.2, 0.25) is 0 Å². The normalized spacial score (nSPS) is 10.2. The molecule has 0 bridgehead atoms. The van der Waals surface area contributed by atoms with Gasteiger partial charge in [0.05, 0.1) is 0 Å². The first-order chi connectivity index (χ1) is 8.63. The van der Waals surface area contributed by atoms with Gasteiger partial charge in [-0.25, -0.2) is 0 Å². The molecule has 0 saturated carbocycles. The zero-order valence-corrected chi connectivity index (χ0v) is 12.0. The van der Waals surface area contributed by atoms with E-state index in [0.29, 0.717) is 6.61 Å². The van der Waals surface area contributed by atoms with Crippen LogP contribution >= 0.6 is 0 Å². The second kappa shape index (κ2) is 7.93. The highest BCUT2D eigenvalue weighted by atomic mass is 16.5. The Labute approximate surface area is 111 Å². The van der Waals surface area contributed by atoms with Crippen LogP contribution in [-0.2, 0) is 6.54 Å². The van der Waals surface area contributed by atoms with Gasteiger partial charge in [0, 0.05) is 12.1 Å². The van der Waals surface area contributed by atoms with Crippen LogP contribution in [0.4, 0.5) is 0 Å². The van der Waals surface area contributed by atoms with Crippen molar-refractivity contribution in [3.63, 3.8) is 0 Å². The van der Waals surface area contributed by atoms with Crippen molar-refractivity contribution in [2.45, 2.75) is 40.7 Å². The van der Waals surface area contributed by atoms with Gasteiger partial charge in [-0.1, -0.05) is 30.2 Å². The largest absolute Gasteiger partial charge is 0.489 e. The lowest BCUT2D eigenvalue weighted by Crippen LogP contribution is -2.14. The molecule has 0 aliphatic heterocycles. The van der Waals surface area contributed by atoms with Crippen molar-refractivity contribution in [1.82, 2.24) is 5.32 Å². The number of aryl methyl sites for hydroxylation is 1. The third-order valence-corrected chi connectivity index (χ3v) is 2.69. The second-order valence-corrected chi connectivity index (χ2v) is 4.88. The smallest absolute Gasteiger partial charge is 0.124 e. The van der Waals surface area contributed by atoms with Crippen LogP contribution in [0.3, 0.4) is 0 Å². The van der Waals surface area contributed by atoms with Crippen molar-refractivity contribution >= 4 is 0 Å². The van der Waals surface area contributed by atoms with Crippen LogP contribution < -0.4 is 10.1 Å². The van der Waals surface area contributed by atoms with Crippen molar-refractivity contribution in [1.29, 1.82) is 0 Å². The zero-order valence-electron chi connectivity index (χ0n) is 12.0. The molecule has 0 atom stereocenters. The Balaban J connectivity index is 2.66. The summed E-state index contributed by atoms with van der Waals surface area (Å²) in [6, 6.07) is 6.36. The van der Waals surface area contributed by atoms with Gasteiger partial charge in [0.15, 0.2) is 0 Å². The lowest BCUT2D eigenvalue weighted by atomic mass is 10.1. The molecule has 0 aromatic heterocycles. The molecule has 0 aliphatic carbocycles. The van der Waals surface area contributed by atoms with Crippen LogP contribution in [0.1, 0.15) is 38.3 Å². The fourth-order valence-corrected chi connectivity index (χ4v) is 1.69. The van der Waals surface area contributed by atoms with Gasteiger partial charge in [0.2, 0.25) is 0 Å². The Bertz CT molecular complexity index is 392. The summed E-state index contributed by atoms with van der Waals surface area (Å²) in [6.07, 6.45) is 3.25. The number of benzene rings is 1. The van der Waals surface area contributed by atoms with Gasteiger partial charge >= 0.3 is 0 Å². The summed E-state index contributed by atoms with van der Waals surface area (Å²) in [7, 11) is 0. The van der Waals surface area contributed by atoms with E-state index in [9.17, 15) is 0 Å². The quantitative estimate of drug-likeness (QED) is 0.584. The first kappa shape index (κ1) is 14.8. The molecule has 0 heterocycles. The summed E-state index contributed by atoms with van der Waals surface area (Å²) in [4.78, 5) is 0. The second-order valence-electron chi connectivity index (χ2n) is 4.88. The molecule has 0 amide bonds.